The fourth-order valence-electron chi connectivity index (χ4n) is 1.60. The van der Waals surface area contributed by atoms with Gasteiger partial charge < -0.3 is 10.4 Å². The van der Waals surface area contributed by atoms with Gasteiger partial charge in [-0.2, -0.15) is 5.26 Å². The Bertz CT molecular complexity index is 426. The quantitative estimate of drug-likeness (QED) is 0.784. The largest absolute Gasteiger partial charge is 0.481 e. The molecule has 5 heteroatoms. The van der Waals surface area contributed by atoms with Gasteiger partial charge in [0.25, 0.3) is 0 Å². The molecule has 0 saturated carbocycles. The summed E-state index contributed by atoms with van der Waals surface area (Å²) in [4.78, 5) is 14.5. The Morgan fingerprint density at radius 3 is 3.06 bits per heavy atom. The van der Waals surface area contributed by atoms with E-state index in [-0.39, 0.29) is 12.5 Å². The van der Waals surface area contributed by atoms with Crippen LogP contribution in [0.5, 0.6) is 0 Å². The predicted molar refractivity (Wildman–Crippen MR) is 63.5 cm³/mol. The van der Waals surface area contributed by atoms with Crippen molar-refractivity contribution in [3.05, 3.63) is 24.0 Å². The second-order valence-electron chi connectivity index (χ2n) is 3.77. The van der Waals surface area contributed by atoms with Gasteiger partial charge in [0.1, 0.15) is 11.8 Å². The highest BCUT2D eigenvalue weighted by Gasteiger charge is 2.12. The summed E-state index contributed by atoms with van der Waals surface area (Å²) in [7, 11) is 0. The highest BCUT2D eigenvalue weighted by atomic mass is 16.4. The Morgan fingerprint density at radius 2 is 2.47 bits per heavy atom. The van der Waals surface area contributed by atoms with E-state index in [0.29, 0.717) is 5.69 Å². The lowest BCUT2D eigenvalue weighted by Crippen LogP contribution is -2.23. The van der Waals surface area contributed by atoms with Crippen LogP contribution >= 0.6 is 0 Å². The molecule has 0 bridgehead atoms. The molecule has 1 heterocycles. The summed E-state index contributed by atoms with van der Waals surface area (Å²) in [5.41, 5.74) is 1.05. The first-order valence-electron chi connectivity index (χ1n) is 5.50. The van der Waals surface area contributed by atoms with Crippen molar-refractivity contribution in [3.63, 3.8) is 0 Å². The molecule has 0 radical (unpaired) electrons. The molecule has 0 spiro atoms. The number of nitriles is 1. The highest BCUT2D eigenvalue weighted by Crippen LogP contribution is 2.13. The highest BCUT2D eigenvalue weighted by molar-refractivity contribution is 5.68. The van der Waals surface area contributed by atoms with Gasteiger partial charge in [-0.05, 0) is 18.6 Å². The summed E-state index contributed by atoms with van der Waals surface area (Å²) in [6.45, 7) is 2.00. The van der Waals surface area contributed by atoms with Gasteiger partial charge in [0.15, 0.2) is 0 Å². The Kier molecular flexibility index (Phi) is 4.95. The summed E-state index contributed by atoms with van der Waals surface area (Å²) in [5, 5.41) is 20.6. The number of pyridine rings is 1. The molecule has 0 aliphatic carbocycles. The van der Waals surface area contributed by atoms with Gasteiger partial charge in [-0.25, -0.2) is 4.98 Å². The van der Waals surface area contributed by atoms with E-state index >= 15 is 0 Å². The number of nitrogens with zero attached hydrogens (tertiary/aromatic N) is 2. The Hall–Kier alpha value is -2.09. The number of carbonyl (C=O) groups is 1. The maximum atomic E-state index is 10.7. The lowest BCUT2D eigenvalue weighted by molar-refractivity contribution is -0.137. The van der Waals surface area contributed by atoms with Gasteiger partial charge >= 0.3 is 5.97 Å². The smallest absolute Gasteiger partial charge is 0.305 e. The van der Waals surface area contributed by atoms with Crippen molar-refractivity contribution in [2.75, 3.05) is 5.32 Å². The number of anilines is 1. The summed E-state index contributed by atoms with van der Waals surface area (Å²) < 4.78 is 0. The summed E-state index contributed by atoms with van der Waals surface area (Å²) in [5.74, 6) is -0.828. The van der Waals surface area contributed by atoms with Gasteiger partial charge in [0.05, 0.1) is 6.42 Å². The van der Waals surface area contributed by atoms with Crippen LogP contribution < -0.4 is 5.32 Å². The van der Waals surface area contributed by atoms with Crippen LogP contribution in [-0.4, -0.2) is 22.1 Å². The summed E-state index contributed by atoms with van der Waals surface area (Å²) in [6.07, 6.45) is 3.28. The molecule has 1 unspecified atom stereocenters. The molecule has 0 aliphatic heterocycles. The zero-order chi connectivity index (χ0) is 12.7. The topological polar surface area (TPSA) is 86.0 Å². The zero-order valence-corrected chi connectivity index (χ0v) is 9.68. The standard InChI is InChI=1S/C12H15N3O2/c1-2-3-9(7-12(16)17)15-10-4-5-14-11(6-10)8-13/h4-6,9H,2-3,7H2,1H3,(H,14,15)(H,16,17). The minimum absolute atomic E-state index is 0.0675. The van der Waals surface area contributed by atoms with Crippen LogP contribution in [0.2, 0.25) is 0 Å². The number of hydrogen-bond donors (Lipinski definition) is 2. The van der Waals surface area contributed by atoms with Crippen LogP contribution in [0.15, 0.2) is 18.3 Å². The Morgan fingerprint density at radius 1 is 1.71 bits per heavy atom. The van der Waals surface area contributed by atoms with Crippen LogP contribution in [0, 0.1) is 11.3 Å². The van der Waals surface area contributed by atoms with Gasteiger partial charge in [-0.15, -0.1) is 0 Å². The predicted octanol–water partition coefficient (Wildman–Crippen LogP) is 2.01. The number of rotatable bonds is 6. The lowest BCUT2D eigenvalue weighted by Gasteiger charge is -2.17. The van der Waals surface area contributed by atoms with Crippen molar-refractivity contribution >= 4 is 11.7 Å². The molecule has 1 rings (SSSR count). The molecular weight excluding hydrogens is 218 g/mol. The zero-order valence-electron chi connectivity index (χ0n) is 9.68. The maximum absolute atomic E-state index is 10.7. The fraction of sp³-hybridized carbons (Fsp3) is 0.417. The van der Waals surface area contributed by atoms with E-state index in [1.165, 1.54) is 6.20 Å². The van der Waals surface area contributed by atoms with E-state index in [2.05, 4.69) is 10.3 Å². The minimum atomic E-state index is -0.828. The molecule has 1 aromatic heterocycles. The number of carboxylic acids is 1. The van der Waals surface area contributed by atoms with Crippen LogP contribution in [0.4, 0.5) is 5.69 Å². The molecule has 0 aliphatic rings. The van der Waals surface area contributed by atoms with E-state index in [1.807, 2.05) is 13.0 Å². The molecule has 2 N–H and O–H groups in total. The van der Waals surface area contributed by atoms with E-state index in [0.717, 1.165) is 18.5 Å². The van der Waals surface area contributed by atoms with Gasteiger partial charge in [0, 0.05) is 17.9 Å². The van der Waals surface area contributed by atoms with Crippen LogP contribution in [-0.2, 0) is 4.79 Å². The normalized spacial score (nSPS) is 11.5. The molecule has 0 fully saturated rings. The molecule has 0 saturated heterocycles. The number of hydrogen-bond acceptors (Lipinski definition) is 4. The molecule has 1 atom stereocenters. The van der Waals surface area contributed by atoms with Crippen LogP contribution in [0.25, 0.3) is 0 Å². The third kappa shape index (κ3) is 4.51. The summed E-state index contributed by atoms with van der Waals surface area (Å²) in [6, 6.07) is 5.17. The number of nitrogens with one attached hydrogen (secondary N) is 1. The molecule has 90 valence electrons. The van der Waals surface area contributed by atoms with Crippen molar-refractivity contribution in [1.29, 1.82) is 5.26 Å². The van der Waals surface area contributed by atoms with Crippen LogP contribution in [0.3, 0.4) is 0 Å². The van der Waals surface area contributed by atoms with E-state index in [1.54, 1.807) is 12.1 Å². The van der Waals surface area contributed by atoms with Crippen molar-refractivity contribution in [1.82, 2.24) is 4.98 Å². The van der Waals surface area contributed by atoms with Crippen molar-refractivity contribution in [3.8, 4) is 6.07 Å². The molecule has 0 aromatic carbocycles. The third-order valence-corrected chi connectivity index (χ3v) is 2.30. The van der Waals surface area contributed by atoms with Gasteiger partial charge in [-0.3, -0.25) is 4.79 Å². The monoisotopic (exact) mass is 233 g/mol. The fourth-order valence-corrected chi connectivity index (χ4v) is 1.60. The average molecular weight is 233 g/mol. The maximum Gasteiger partial charge on any atom is 0.305 e. The first-order chi connectivity index (χ1) is 8.15. The van der Waals surface area contributed by atoms with Gasteiger partial charge in [-0.1, -0.05) is 13.3 Å². The van der Waals surface area contributed by atoms with E-state index < -0.39 is 5.97 Å². The first kappa shape index (κ1) is 13.0. The second-order valence-corrected chi connectivity index (χ2v) is 3.77. The molecule has 1 aromatic rings. The number of carboxylic acid groups (broad SMARTS) is 1. The number of aromatic nitrogens is 1. The second kappa shape index (κ2) is 6.48. The van der Waals surface area contributed by atoms with Crippen LogP contribution in [0.1, 0.15) is 31.9 Å². The van der Waals surface area contributed by atoms with Gasteiger partial charge in [0.2, 0.25) is 0 Å². The average Bonchev–Trinajstić information content (AvgIpc) is 2.29. The SMILES string of the molecule is CCCC(CC(=O)O)Nc1ccnc(C#N)c1. The third-order valence-electron chi connectivity index (χ3n) is 2.30. The first-order valence-corrected chi connectivity index (χ1v) is 5.50. The van der Waals surface area contributed by atoms with Crippen molar-refractivity contribution in [2.45, 2.75) is 32.2 Å². The molecule has 0 amide bonds. The van der Waals surface area contributed by atoms with Crippen molar-refractivity contribution < 1.29 is 9.90 Å². The molecule has 17 heavy (non-hydrogen) atoms. The van der Waals surface area contributed by atoms with E-state index in [4.69, 9.17) is 10.4 Å². The molecule has 5 nitrogen and oxygen atoms in total. The van der Waals surface area contributed by atoms with Crippen molar-refractivity contribution in [2.24, 2.45) is 0 Å². The Labute approximate surface area is 100 Å². The number of aliphatic carboxylic acids is 1. The minimum Gasteiger partial charge on any atom is -0.481 e. The summed E-state index contributed by atoms with van der Waals surface area (Å²) >= 11 is 0. The Balaban J connectivity index is 2.71. The lowest BCUT2D eigenvalue weighted by atomic mass is 10.1. The molecular formula is C12H15N3O2. The van der Waals surface area contributed by atoms with E-state index in [9.17, 15) is 4.79 Å².